The normalized spacial score (nSPS) is 11.2. The molecular formula is C21H17ClFNO4S. The first-order valence-electron chi connectivity index (χ1n) is 8.60. The largest absolute Gasteiger partial charge is 0.457 e. The zero-order chi connectivity index (χ0) is 20.9. The van der Waals surface area contributed by atoms with Gasteiger partial charge in [0.1, 0.15) is 17.3 Å². The molecule has 1 N–H and O–H groups in total. The highest BCUT2D eigenvalue weighted by atomic mass is 35.5. The summed E-state index contributed by atoms with van der Waals surface area (Å²) in [6.07, 6.45) is 0. The highest BCUT2D eigenvalue weighted by Crippen LogP contribution is 2.23. The molecule has 0 spiro atoms. The molecule has 0 aliphatic heterocycles. The Labute approximate surface area is 173 Å². The van der Waals surface area contributed by atoms with Crippen molar-refractivity contribution in [1.29, 1.82) is 0 Å². The molecule has 5 nitrogen and oxygen atoms in total. The fourth-order valence-corrected chi connectivity index (χ4v) is 4.04. The Bertz CT molecular complexity index is 1100. The van der Waals surface area contributed by atoms with Crippen LogP contribution in [0.3, 0.4) is 0 Å². The summed E-state index contributed by atoms with van der Waals surface area (Å²) < 4.78 is 45.8. The van der Waals surface area contributed by atoms with Crippen molar-refractivity contribution >= 4 is 27.6 Å². The summed E-state index contributed by atoms with van der Waals surface area (Å²) in [6, 6.07) is 18.4. The molecule has 0 saturated carbocycles. The van der Waals surface area contributed by atoms with Crippen LogP contribution in [0.15, 0.2) is 77.7 Å². The van der Waals surface area contributed by atoms with Crippen molar-refractivity contribution in [2.24, 2.45) is 0 Å². The van der Waals surface area contributed by atoms with Gasteiger partial charge in [-0.3, -0.25) is 0 Å². The van der Waals surface area contributed by atoms with E-state index >= 15 is 0 Å². The van der Waals surface area contributed by atoms with Crippen LogP contribution in [0.1, 0.15) is 21.5 Å². The van der Waals surface area contributed by atoms with Gasteiger partial charge in [0.15, 0.2) is 0 Å². The Balaban J connectivity index is 1.72. The molecule has 0 saturated heterocycles. The number of hydrogen-bond donors (Lipinski definition) is 1. The van der Waals surface area contributed by atoms with Crippen LogP contribution < -0.4 is 4.72 Å². The van der Waals surface area contributed by atoms with Crippen molar-refractivity contribution in [3.8, 4) is 0 Å². The summed E-state index contributed by atoms with van der Waals surface area (Å²) in [7, 11) is -3.95. The minimum absolute atomic E-state index is 0.0133. The van der Waals surface area contributed by atoms with Gasteiger partial charge in [0.25, 0.3) is 0 Å². The lowest BCUT2D eigenvalue weighted by atomic mass is 10.2. The Kier molecular flexibility index (Phi) is 6.64. The third-order valence-corrected chi connectivity index (χ3v) is 5.93. The number of carbonyl (C=O) groups excluding carboxylic acids is 1. The van der Waals surface area contributed by atoms with E-state index in [1.165, 1.54) is 42.5 Å². The molecular weight excluding hydrogens is 417 g/mol. The lowest BCUT2D eigenvalue weighted by Gasteiger charge is -2.11. The van der Waals surface area contributed by atoms with Gasteiger partial charge in [0.2, 0.25) is 10.0 Å². The first-order valence-corrected chi connectivity index (χ1v) is 10.5. The lowest BCUT2D eigenvalue weighted by molar-refractivity contribution is 0.0472. The molecule has 29 heavy (non-hydrogen) atoms. The molecule has 0 atom stereocenters. The fraction of sp³-hybridized carbons (Fsp3) is 0.0952. The molecule has 0 heterocycles. The quantitative estimate of drug-likeness (QED) is 0.563. The Morgan fingerprint density at radius 1 is 0.966 bits per heavy atom. The summed E-state index contributed by atoms with van der Waals surface area (Å²) in [5.74, 6) is -1.11. The van der Waals surface area contributed by atoms with E-state index in [0.29, 0.717) is 5.56 Å². The minimum Gasteiger partial charge on any atom is -0.457 e. The van der Waals surface area contributed by atoms with Gasteiger partial charge in [0.05, 0.1) is 10.6 Å². The van der Waals surface area contributed by atoms with Gasteiger partial charge in [-0.2, -0.15) is 0 Å². The standard InChI is InChI=1S/C21H17ClFNO4S/c22-19-11-8-17(21(25)28-14-16-6-9-18(23)10-7-16)12-20(19)29(26,27)24-13-15-4-2-1-3-5-15/h1-12,24H,13-14H2. The summed E-state index contributed by atoms with van der Waals surface area (Å²) in [5.41, 5.74) is 1.42. The molecule has 3 aromatic rings. The molecule has 0 radical (unpaired) electrons. The Morgan fingerprint density at radius 2 is 1.66 bits per heavy atom. The molecule has 8 heteroatoms. The second-order valence-corrected chi connectivity index (χ2v) is 8.30. The second-order valence-electron chi connectivity index (χ2n) is 6.16. The minimum atomic E-state index is -3.95. The van der Waals surface area contributed by atoms with E-state index in [2.05, 4.69) is 4.72 Å². The monoisotopic (exact) mass is 433 g/mol. The predicted octanol–water partition coefficient (Wildman–Crippen LogP) is 4.31. The van der Waals surface area contributed by atoms with E-state index in [9.17, 15) is 17.6 Å². The van der Waals surface area contributed by atoms with Crippen LogP contribution in [0, 0.1) is 5.82 Å². The molecule has 0 aliphatic carbocycles. The van der Waals surface area contributed by atoms with Crippen LogP contribution in [0.25, 0.3) is 0 Å². The Hall–Kier alpha value is -2.74. The maximum Gasteiger partial charge on any atom is 0.338 e. The van der Waals surface area contributed by atoms with Crippen molar-refractivity contribution in [1.82, 2.24) is 4.72 Å². The first-order chi connectivity index (χ1) is 13.8. The summed E-state index contributed by atoms with van der Waals surface area (Å²) in [4.78, 5) is 12.1. The van der Waals surface area contributed by atoms with Gasteiger partial charge in [0, 0.05) is 6.54 Å². The number of carbonyl (C=O) groups is 1. The number of esters is 1. The van der Waals surface area contributed by atoms with Gasteiger partial charge in [-0.25, -0.2) is 22.3 Å². The van der Waals surface area contributed by atoms with Crippen molar-refractivity contribution in [2.75, 3.05) is 0 Å². The third-order valence-electron chi connectivity index (χ3n) is 4.05. The highest BCUT2D eigenvalue weighted by molar-refractivity contribution is 7.89. The number of nitrogens with one attached hydrogen (secondary N) is 1. The maximum absolute atomic E-state index is 12.9. The molecule has 3 aromatic carbocycles. The van der Waals surface area contributed by atoms with Gasteiger partial charge in [-0.1, -0.05) is 54.1 Å². The van der Waals surface area contributed by atoms with Crippen LogP contribution in [-0.2, 0) is 27.9 Å². The zero-order valence-electron chi connectivity index (χ0n) is 15.1. The molecule has 0 bridgehead atoms. The predicted molar refractivity (Wildman–Crippen MR) is 107 cm³/mol. The highest BCUT2D eigenvalue weighted by Gasteiger charge is 2.20. The average molecular weight is 434 g/mol. The van der Waals surface area contributed by atoms with Crippen LogP contribution >= 0.6 is 11.6 Å². The number of sulfonamides is 1. The molecule has 150 valence electrons. The van der Waals surface area contributed by atoms with Crippen LogP contribution in [0.5, 0.6) is 0 Å². The lowest BCUT2D eigenvalue weighted by Crippen LogP contribution is -2.24. The molecule has 0 amide bonds. The van der Waals surface area contributed by atoms with E-state index < -0.39 is 21.8 Å². The number of benzene rings is 3. The van der Waals surface area contributed by atoms with Crippen LogP contribution in [0.4, 0.5) is 4.39 Å². The van der Waals surface area contributed by atoms with Crippen molar-refractivity contribution < 1.29 is 22.3 Å². The van der Waals surface area contributed by atoms with E-state index in [-0.39, 0.29) is 28.6 Å². The maximum atomic E-state index is 12.9. The smallest absolute Gasteiger partial charge is 0.338 e. The molecule has 0 unspecified atom stereocenters. The summed E-state index contributed by atoms with van der Waals surface area (Å²) in [5, 5.41) is -0.0133. The zero-order valence-corrected chi connectivity index (χ0v) is 16.7. The number of halogens is 2. The van der Waals surface area contributed by atoms with Crippen LogP contribution in [0.2, 0.25) is 5.02 Å². The number of hydrogen-bond acceptors (Lipinski definition) is 4. The van der Waals surface area contributed by atoms with Crippen molar-refractivity contribution in [3.63, 3.8) is 0 Å². The fourth-order valence-electron chi connectivity index (χ4n) is 2.50. The molecule has 0 fully saturated rings. The summed E-state index contributed by atoms with van der Waals surface area (Å²) in [6.45, 7) is 0.00875. The average Bonchev–Trinajstić information content (AvgIpc) is 2.72. The van der Waals surface area contributed by atoms with Crippen molar-refractivity contribution in [2.45, 2.75) is 18.0 Å². The summed E-state index contributed by atoms with van der Waals surface area (Å²) >= 11 is 6.05. The van der Waals surface area contributed by atoms with Crippen LogP contribution in [-0.4, -0.2) is 14.4 Å². The van der Waals surface area contributed by atoms with Gasteiger partial charge in [-0.15, -0.1) is 0 Å². The van der Waals surface area contributed by atoms with E-state index in [4.69, 9.17) is 16.3 Å². The second kappa shape index (κ2) is 9.17. The van der Waals surface area contributed by atoms with E-state index in [1.807, 2.05) is 6.07 Å². The molecule has 3 rings (SSSR count). The van der Waals surface area contributed by atoms with Gasteiger partial charge < -0.3 is 4.74 Å². The molecule has 0 aromatic heterocycles. The number of rotatable bonds is 7. The molecule has 0 aliphatic rings. The van der Waals surface area contributed by atoms with Gasteiger partial charge >= 0.3 is 5.97 Å². The first kappa shape index (κ1) is 21.0. The Morgan fingerprint density at radius 3 is 2.34 bits per heavy atom. The van der Waals surface area contributed by atoms with E-state index in [1.54, 1.807) is 24.3 Å². The third kappa shape index (κ3) is 5.63. The SMILES string of the molecule is O=C(OCc1ccc(F)cc1)c1ccc(Cl)c(S(=O)(=O)NCc2ccccc2)c1. The van der Waals surface area contributed by atoms with E-state index in [0.717, 1.165) is 5.56 Å². The topological polar surface area (TPSA) is 72.5 Å². The number of ether oxygens (including phenoxy) is 1. The van der Waals surface area contributed by atoms with Gasteiger partial charge in [-0.05, 0) is 41.5 Å². The van der Waals surface area contributed by atoms with Crippen molar-refractivity contribution in [3.05, 3.63) is 100 Å².